The minimum Gasteiger partial charge on any atom is -0.314 e. The maximum Gasteiger partial charge on any atom is 0.0221 e. The summed E-state index contributed by atoms with van der Waals surface area (Å²) in [5.74, 6) is 1.01. The van der Waals surface area contributed by atoms with Crippen molar-refractivity contribution in [2.75, 3.05) is 19.6 Å². The fourth-order valence-electron chi connectivity index (χ4n) is 3.57. The molecular formula is C14H28N2. The average molecular weight is 224 g/mol. The summed E-state index contributed by atoms with van der Waals surface area (Å²) in [5, 5.41) is 3.54. The molecule has 0 amide bonds. The Hall–Kier alpha value is -0.0800. The van der Waals surface area contributed by atoms with Crippen LogP contribution in [0.25, 0.3) is 0 Å². The summed E-state index contributed by atoms with van der Waals surface area (Å²) in [4.78, 5) is 2.82. The zero-order valence-electron chi connectivity index (χ0n) is 11.0. The van der Waals surface area contributed by atoms with Crippen LogP contribution < -0.4 is 5.32 Å². The predicted molar refractivity (Wildman–Crippen MR) is 69.7 cm³/mol. The van der Waals surface area contributed by atoms with Crippen molar-refractivity contribution in [2.45, 2.75) is 64.5 Å². The van der Waals surface area contributed by atoms with Gasteiger partial charge in [-0.3, -0.25) is 4.90 Å². The summed E-state index contributed by atoms with van der Waals surface area (Å²) in [6, 6.07) is 1.69. The average Bonchev–Trinajstić information content (AvgIpc) is 2.38. The highest BCUT2D eigenvalue weighted by Gasteiger charge is 2.30. The van der Waals surface area contributed by atoms with Crippen molar-refractivity contribution in [3.8, 4) is 0 Å². The third-order valence-electron chi connectivity index (χ3n) is 4.67. The fraction of sp³-hybridized carbons (Fsp3) is 1.00. The number of nitrogens with one attached hydrogen (secondary N) is 1. The molecule has 2 nitrogen and oxygen atoms in total. The Morgan fingerprint density at radius 3 is 2.81 bits per heavy atom. The van der Waals surface area contributed by atoms with E-state index in [2.05, 4.69) is 24.1 Å². The second-order valence-corrected chi connectivity index (χ2v) is 5.60. The Labute approximate surface area is 101 Å². The second kappa shape index (κ2) is 6.02. The standard InChI is InChI=1S/C14H28N2/c1-3-12-6-5-7-14(10-12)16-9-8-15-11-13(16)4-2/h12-15H,3-11H2,1-2H3. The van der Waals surface area contributed by atoms with Crippen LogP contribution in [0.4, 0.5) is 0 Å². The van der Waals surface area contributed by atoms with Crippen molar-refractivity contribution in [1.82, 2.24) is 10.2 Å². The van der Waals surface area contributed by atoms with Crippen LogP contribution in [0.2, 0.25) is 0 Å². The molecule has 0 aromatic rings. The van der Waals surface area contributed by atoms with Gasteiger partial charge in [0.1, 0.15) is 0 Å². The maximum absolute atomic E-state index is 3.54. The maximum atomic E-state index is 3.54. The molecule has 2 heteroatoms. The highest BCUT2D eigenvalue weighted by atomic mass is 15.2. The highest BCUT2D eigenvalue weighted by molar-refractivity contribution is 4.87. The van der Waals surface area contributed by atoms with Gasteiger partial charge in [0.2, 0.25) is 0 Å². The molecule has 1 aliphatic heterocycles. The van der Waals surface area contributed by atoms with Gasteiger partial charge in [-0.15, -0.1) is 0 Å². The van der Waals surface area contributed by atoms with E-state index in [1.165, 1.54) is 58.2 Å². The van der Waals surface area contributed by atoms with Crippen molar-refractivity contribution in [3.05, 3.63) is 0 Å². The molecule has 0 radical (unpaired) electrons. The molecule has 1 heterocycles. The van der Waals surface area contributed by atoms with E-state index in [4.69, 9.17) is 0 Å². The van der Waals surface area contributed by atoms with Crippen LogP contribution in [0, 0.1) is 5.92 Å². The monoisotopic (exact) mass is 224 g/mol. The lowest BCUT2D eigenvalue weighted by Crippen LogP contribution is -2.55. The van der Waals surface area contributed by atoms with Gasteiger partial charge in [0.25, 0.3) is 0 Å². The summed E-state index contributed by atoms with van der Waals surface area (Å²) < 4.78 is 0. The Morgan fingerprint density at radius 1 is 1.19 bits per heavy atom. The molecule has 2 rings (SSSR count). The first-order valence-electron chi connectivity index (χ1n) is 7.31. The number of nitrogens with zero attached hydrogens (tertiary/aromatic N) is 1. The highest BCUT2D eigenvalue weighted by Crippen LogP contribution is 2.31. The van der Waals surface area contributed by atoms with Crippen molar-refractivity contribution < 1.29 is 0 Å². The fourth-order valence-corrected chi connectivity index (χ4v) is 3.57. The van der Waals surface area contributed by atoms with Gasteiger partial charge in [0, 0.05) is 31.7 Å². The molecule has 1 aliphatic carbocycles. The van der Waals surface area contributed by atoms with Crippen LogP contribution >= 0.6 is 0 Å². The molecule has 1 N–H and O–H groups in total. The third-order valence-corrected chi connectivity index (χ3v) is 4.67. The van der Waals surface area contributed by atoms with Gasteiger partial charge in [-0.25, -0.2) is 0 Å². The molecule has 3 atom stereocenters. The van der Waals surface area contributed by atoms with Crippen molar-refractivity contribution in [2.24, 2.45) is 5.92 Å². The number of rotatable bonds is 3. The molecule has 0 aromatic heterocycles. The van der Waals surface area contributed by atoms with E-state index in [0.717, 1.165) is 18.0 Å². The number of piperazine rings is 1. The Morgan fingerprint density at radius 2 is 2.06 bits per heavy atom. The molecule has 2 fully saturated rings. The second-order valence-electron chi connectivity index (χ2n) is 5.60. The van der Waals surface area contributed by atoms with Gasteiger partial charge < -0.3 is 5.32 Å². The number of hydrogen-bond acceptors (Lipinski definition) is 2. The van der Waals surface area contributed by atoms with E-state index in [-0.39, 0.29) is 0 Å². The smallest absolute Gasteiger partial charge is 0.0221 e. The first kappa shape index (κ1) is 12.4. The van der Waals surface area contributed by atoms with Crippen LogP contribution in [-0.4, -0.2) is 36.6 Å². The van der Waals surface area contributed by atoms with E-state index in [9.17, 15) is 0 Å². The Bertz CT molecular complexity index is 205. The van der Waals surface area contributed by atoms with E-state index in [1.54, 1.807) is 0 Å². The molecule has 94 valence electrons. The summed E-state index contributed by atoms with van der Waals surface area (Å²) in [6.07, 6.45) is 8.55. The molecule has 1 saturated carbocycles. The van der Waals surface area contributed by atoms with Crippen LogP contribution in [0.5, 0.6) is 0 Å². The van der Waals surface area contributed by atoms with Gasteiger partial charge in [-0.1, -0.05) is 33.1 Å². The summed E-state index contributed by atoms with van der Waals surface area (Å²) in [6.45, 7) is 8.39. The van der Waals surface area contributed by atoms with Crippen molar-refractivity contribution >= 4 is 0 Å². The molecule has 2 aliphatic rings. The van der Waals surface area contributed by atoms with Gasteiger partial charge >= 0.3 is 0 Å². The summed E-state index contributed by atoms with van der Waals surface area (Å²) in [5.41, 5.74) is 0. The zero-order chi connectivity index (χ0) is 11.4. The minimum atomic E-state index is 0.800. The van der Waals surface area contributed by atoms with E-state index < -0.39 is 0 Å². The lowest BCUT2D eigenvalue weighted by Gasteiger charge is -2.44. The Kier molecular flexibility index (Phi) is 4.66. The zero-order valence-corrected chi connectivity index (χ0v) is 11.0. The number of hydrogen-bond donors (Lipinski definition) is 1. The first-order chi connectivity index (χ1) is 7.85. The van der Waals surface area contributed by atoms with E-state index >= 15 is 0 Å². The third kappa shape index (κ3) is 2.78. The van der Waals surface area contributed by atoms with Gasteiger partial charge in [0.05, 0.1) is 0 Å². The quantitative estimate of drug-likeness (QED) is 0.793. The predicted octanol–water partition coefficient (Wildman–Crippen LogP) is 2.64. The topological polar surface area (TPSA) is 15.3 Å². The van der Waals surface area contributed by atoms with Crippen LogP contribution in [0.3, 0.4) is 0 Å². The van der Waals surface area contributed by atoms with E-state index in [0.29, 0.717) is 0 Å². The van der Waals surface area contributed by atoms with Gasteiger partial charge in [-0.05, 0) is 25.2 Å². The van der Waals surface area contributed by atoms with Crippen LogP contribution in [0.15, 0.2) is 0 Å². The summed E-state index contributed by atoms with van der Waals surface area (Å²) >= 11 is 0. The lowest BCUT2D eigenvalue weighted by atomic mass is 9.82. The molecular weight excluding hydrogens is 196 g/mol. The lowest BCUT2D eigenvalue weighted by molar-refractivity contribution is 0.0643. The molecule has 16 heavy (non-hydrogen) atoms. The van der Waals surface area contributed by atoms with Crippen molar-refractivity contribution in [1.29, 1.82) is 0 Å². The summed E-state index contributed by atoms with van der Waals surface area (Å²) in [7, 11) is 0. The molecule has 0 bridgehead atoms. The first-order valence-corrected chi connectivity index (χ1v) is 7.31. The minimum absolute atomic E-state index is 0.800. The molecule has 1 saturated heterocycles. The molecule has 0 spiro atoms. The largest absolute Gasteiger partial charge is 0.314 e. The van der Waals surface area contributed by atoms with Crippen LogP contribution in [0.1, 0.15) is 52.4 Å². The molecule has 3 unspecified atom stereocenters. The van der Waals surface area contributed by atoms with Crippen LogP contribution in [-0.2, 0) is 0 Å². The Balaban J connectivity index is 1.93. The van der Waals surface area contributed by atoms with E-state index in [1.807, 2.05) is 0 Å². The normalized spacial score (nSPS) is 37.5. The molecule has 0 aromatic carbocycles. The van der Waals surface area contributed by atoms with Gasteiger partial charge in [-0.2, -0.15) is 0 Å². The van der Waals surface area contributed by atoms with Gasteiger partial charge in [0.15, 0.2) is 0 Å². The van der Waals surface area contributed by atoms with Crippen molar-refractivity contribution in [3.63, 3.8) is 0 Å². The SMILES string of the molecule is CCC1CCCC(N2CCNCC2CC)C1.